The Balaban J connectivity index is 1.07. The molecule has 4 heterocycles. The molecule has 3 atom stereocenters. The number of aliphatic hydroxyl groups is 1. The maximum absolute atomic E-state index is 13.6. The van der Waals surface area contributed by atoms with E-state index >= 15 is 0 Å². The fourth-order valence-corrected chi connectivity index (χ4v) is 7.14. The van der Waals surface area contributed by atoms with E-state index in [0.29, 0.717) is 66.7 Å². The zero-order valence-corrected chi connectivity index (χ0v) is 28.0. The van der Waals surface area contributed by atoms with E-state index in [0.717, 1.165) is 54.6 Å². The molecule has 4 aliphatic rings. The Morgan fingerprint density at radius 1 is 0.894 bits per heavy atom. The van der Waals surface area contributed by atoms with Crippen molar-refractivity contribution in [1.29, 1.82) is 0 Å². The zero-order valence-electron chi connectivity index (χ0n) is 28.0. The molecule has 2 aromatic rings. The molecule has 2 amide bonds. The highest BCUT2D eigenvalue weighted by atomic mass is 16.5. The maximum Gasteiger partial charge on any atom is 0.256 e. The molecule has 2 fully saturated rings. The first-order valence-electron chi connectivity index (χ1n) is 16.7. The predicted octanol–water partition coefficient (Wildman–Crippen LogP) is 5.69. The first-order valence-corrected chi connectivity index (χ1v) is 16.7. The lowest BCUT2D eigenvalue weighted by molar-refractivity contribution is 0.0497. The predicted molar refractivity (Wildman–Crippen MR) is 183 cm³/mol. The average Bonchev–Trinajstić information content (AvgIpc) is 3.58. The largest absolute Gasteiger partial charge is 0.493 e. The zero-order chi connectivity index (χ0) is 33.4. The highest BCUT2D eigenvalue weighted by Crippen LogP contribution is 2.42. The number of fused-ring (bicyclic) bond motifs is 4. The van der Waals surface area contributed by atoms with Crippen molar-refractivity contribution in [3.63, 3.8) is 0 Å². The number of aliphatic imine (C=N–C) groups is 1. The highest BCUT2D eigenvalue weighted by molar-refractivity contribution is 6.04. The molecular formula is C37H46N4O6. The van der Waals surface area contributed by atoms with Gasteiger partial charge in [-0.25, -0.2) is 0 Å². The number of unbranched alkanes of at least 4 members (excludes halogenated alkanes) is 2. The summed E-state index contributed by atoms with van der Waals surface area (Å²) in [6.07, 6.45) is 5.58. The molecule has 0 saturated carbocycles. The van der Waals surface area contributed by atoms with E-state index in [1.165, 1.54) is 0 Å². The molecule has 47 heavy (non-hydrogen) atoms. The number of hydrogen-bond acceptors (Lipinski definition) is 8. The number of carbonyl (C=O) groups is 2. The second kappa shape index (κ2) is 13.4. The number of amides is 2. The minimum Gasteiger partial charge on any atom is -0.493 e. The summed E-state index contributed by atoms with van der Waals surface area (Å²) in [5.74, 6) is 1.65. The van der Waals surface area contributed by atoms with Gasteiger partial charge in [-0.2, -0.15) is 0 Å². The third kappa shape index (κ3) is 6.23. The fraction of sp³-hybridized carbons (Fsp3) is 0.486. The van der Waals surface area contributed by atoms with Gasteiger partial charge in [-0.15, -0.1) is 0 Å². The summed E-state index contributed by atoms with van der Waals surface area (Å²) in [6, 6.07) is 6.95. The van der Waals surface area contributed by atoms with Crippen molar-refractivity contribution in [2.75, 3.05) is 38.3 Å². The molecule has 0 bridgehead atoms. The topological polar surface area (TPSA) is 104 Å². The van der Waals surface area contributed by atoms with Crippen LogP contribution in [0.4, 0.5) is 11.4 Å². The van der Waals surface area contributed by atoms with Gasteiger partial charge >= 0.3 is 0 Å². The van der Waals surface area contributed by atoms with Crippen LogP contribution in [0.25, 0.3) is 0 Å². The summed E-state index contributed by atoms with van der Waals surface area (Å²) in [7, 11) is 1.57. The lowest BCUT2D eigenvalue weighted by atomic mass is 10.0. The number of benzene rings is 2. The van der Waals surface area contributed by atoms with Crippen molar-refractivity contribution in [2.45, 2.75) is 83.6 Å². The van der Waals surface area contributed by atoms with E-state index in [4.69, 9.17) is 14.2 Å². The number of methoxy groups -OCH3 is 1. The van der Waals surface area contributed by atoms with Crippen molar-refractivity contribution in [2.24, 2.45) is 4.99 Å². The molecular weight excluding hydrogens is 596 g/mol. The van der Waals surface area contributed by atoms with Gasteiger partial charge in [0.15, 0.2) is 11.5 Å². The monoisotopic (exact) mass is 642 g/mol. The van der Waals surface area contributed by atoms with Crippen LogP contribution in [-0.4, -0.2) is 90.7 Å². The molecule has 2 aromatic carbocycles. The van der Waals surface area contributed by atoms with E-state index in [-0.39, 0.29) is 29.9 Å². The molecule has 1 N–H and O–H groups in total. The Morgan fingerprint density at radius 3 is 2.28 bits per heavy atom. The minimum atomic E-state index is -0.862. The molecule has 4 aliphatic heterocycles. The van der Waals surface area contributed by atoms with Gasteiger partial charge in [-0.05, 0) is 70.1 Å². The number of aliphatic hydroxyl groups excluding tert-OH is 1. The van der Waals surface area contributed by atoms with Gasteiger partial charge in [-0.3, -0.25) is 14.6 Å². The van der Waals surface area contributed by atoms with E-state index in [1.54, 1.807) is 18.1 Å². The van der Waals surface area contributed by atoms with Crippen molar-refractivity contribution >= 4 is 29.4 Å². The molecule has 250 valence electrons. The second-order valence-corrected chi connectivity index (χ2v) is 13.2. The number of ether oxygens (including phenoxy) is 3. The van der Waals surface area contributed by atoms with Gasteiger partial charge < -0.3 is 34.0 Å². The molecule has 3 unspecified atom stereocenters. The summed E-state index contributed by atoms with van der Waals surface area (Å²) in [5, 5.41) is 11.4. The van der Waals surface area contributed by atoms with Crippen molar-refractivity contribution < 1.29 is 28.9 Å². The van der Waals surface area contributed by atoms with Crippen LogP contribution in [-0.2, 0) is 6.42 Å². The Kier molecular flexibility index (Phi) is 9.32. The van der Waals surface area contributed by atoms with Crippen molar-refractivity contribution in [3.8, 4) is 17.2 Å². The first-order chi connectivity index (χ1) is 22.6. The van der Waals surface area contributed by atoms with Crippen LogP contribution >= 0.6 is 0 Å². The molecule has 0 spiro atoms. The molecule has 0 radical (unpaired) electrons. The summed E-state index contributed by atoms with van der Waals surface area (Å²) in [4.78, 5) is 37.0. The quantitative estimate of drug-likeness (QED) is 0.248. The van der Waals surface area contributed by atoms with E-state index in [1.807, 2.05) is 48.1 Å². The molecule has 0 aromatic heterocycles. The normalized spacial score (nSPS) is 21.8. The fourth-order valence-electron chi connectivity index (χ4n) is 7.14. The number of nitrogens with zero attached hydrogens (tertiary/aromatic N) is 4. The molecule has 0 aliphatic carbocycles. The third-order valence-corrected chi connectivity index (χ3v) is 9.56. The van der Waals surface area contributed by atoms with Crippen LogP contribution in [0.15, 0.2) is 53.6 Å². The second-order valence-electron chi connectivity index (χ2n) is 13.2. The highest BCUT2D eigenvalue weighted by Gasteiger charge is 2.44. The smallest absolute Gasteiger partial charge is 0.256 e. The summed E-state index contributed by atoms with van der Waals surface area (Å²) in [5.41, 5.74) is 5.39. The Bertz CT molecular complexity index is 1620. The third-order valence-electron chi connectivity index (χ3n) is 9.56. The molecule has 10 heteroatoms. The van der Waals surface area contributed by atoms with Crippen LogP contribution < -0.4 is 19.1 Å². The van der Waals surface area contributed by atoms with Crippen LogP contribution in [0.5, 0.6) is 17.2 Å². The number of hydrogen-bond donors (Lipinski definition) is 1. The molecule has 2 saturated heterocycles. The van der Waals surface area contributed by atoms with E-state index < -0.39 is 6.23 Å². The van der Waals surface area contributed by atoms with E-state index in [2.05, 4.69) is 25.1 Å². The van der Waals surface area contributed by atoms with Gasteiger partial charge in [0.05, 0.1) is 54.9 Å². The van der Waals surface area contributed by atoms with Gasteiger partial charge in [0.25, 0.3) is 11.8 Å². The average molecular weight is 643 g/mol. The standard InChI is InChI=1S/C37H46N4O6/c1-7-25-15-27-29(38-19-26-13-23(4)20-39(26)35(27)42)17-32(25)46-11-9-8-10-12-47-34-18-30-28(16-33(34)45-6)36(43)40-21-24(5)14-31(40)37(44)41(30)22(2)3/h15-19,22,26,31,37,44H,4-5,7-14,20-21H2,1-3,6H3. The van der Waals surface area contributed by atoms with Crippen LogP contribution in [0.3, 0.4) is 0 Å². The maximum atomic E-state index is 13.6. The summed E-state index contributed by atoms with van der Waals surface area (Å²) >= 11 is 0. The molecule has 10 nitrogen and oxygen atoms in total. The SMILES string of the molecule is C=C1CC2C=Nc3cc(OCCCCCOc4cc5c(cc4OC)C(=O)N4CC(=C)CC4C(O)N5C(C)C)c(CC)cc3C(=O)N2C1. The Hall–Kier alpha value is -4.31. The number of anilines is 1. The van der Waals surface area contributed by atoms with Gasteiger partial charge in [0, 0.05) is 37.5 Å². The van der Waals surface area contributed by atoms with Gasteiger partial charge in [-0.1, -0.05) is 31.2 Å². The molecule has 6 rings (SSSR count). The number of carbonyl (C=O) groups excluding carboxylic acids is 2. The summed E-state index contributed by atoms with van der Waals surface area (Å²) in [6.45, 7) is 16.2. The van der Waals surface area contributed by atoms with Crippen LogP contribution in [0, 0.1) is 0 Å². The van der Waals surface area contributed by atoms with Crippen LogP contribution in [0.2, 0.25) is 0 Å². The number of aryl methyl sites for hydroxylation is 1. The lowest BCUT2D eigenvalue weighted by Gasteiger charge is -2.36. The van der Waals surface area contributed by atoms with Gasteiger partial charge in [0.2, 0.25) is 0 Å². The van der Waals surface area contributed by atoms with Crippen LogP contribution in [0.1, 0.15) is 79.2 Å². The van der Waals surface area contributed by atoms with Gasteiger partial charge in [0.1, 0.15) is 12.0 Å². The Morgan fingerprint density at radius 2 is 1.57 bits per heavy atom. The van der Waals surface area contributed by atoms with E-state index in [9.17, 15) is 14.7 Å². The lowest BCUT2D eigenvalue weighted by Crippen LogP contribution is -2.50. The Labute approximate surface area is 277 Å². The van der Waals surface area contributed by atoms with Crippen molar-refractivity contribution in [1.82, 2.24) is 9.80 Å². The minimum absolute atomic E-state index is 0.000162. The van der Waals surface area contributed by atoms with Crippen molar-refractivity contribution in [3.05, 3.63) is 65.3 Å². The summed E-state index contributed by atoms with van der Waals surface area (Å²) < 4.78 is 18.1. The number of rotatable bonds is 11. The first kappa shape index (κ1) is 32.6.